The van der Waals surface area contributed by atoms with Crippen LogP contribution in [0.3, 0.4) is 0 Å². The molecule has 0 radical (unpaired) electrons. The van der Waals surface area contributed by atoms with Crippen LogP contribution in [-0.4, -0.2) is 86.8 Å². The Bertz CT molecular complexity index is 1910. The first-order valence-electron chi connectivity index (χ1n) is 16.5. The summed E-state index contributed by atoms with van der Waals surface area (Å²) in [4.78, 5) is 21.9. The number of aromatic nitrogens is 3. The zero-order valence-electron chi connectivity index (χ0n) is 26.3. The van der Waals surface area contributed by atoms with Crippen LogP contribution in [0, 0.1) is 24.0 Å². The first-order valence-corrected chi connectivity index (χ1v) is 16.5. The normalized spacial score (nSPS) is 21.0. The van der Waals surface area contributed by atoms with Gasteiger partial charge in [0.05, 0.1) is 22.2 Å². The SMILES string of the molecule is C#Cc1c(F)ccc2cc(O)cc(-c3nc4c5c(nc(OCC67CCCN6CCC7)nc5c3F)N3CCN(C(C)C)CC3CC4)c12. The van der Waals surface area contributed by atoms with E-state index in [1.807, 2.05) is 0 Å². The molecular formula is C36H38F2N6O2. The molecule has 6 heterocycles. The first-order chi connectivity index (χ1) is 22.3. The molecule has 0 amide bonds. The van der Waals surface area contributed by atoms with E-state index in [0.717, 1.165) is 64.8 Å². The minimum absolute atomic E-state index is 0.00472. The van der Waals surface area contributed by atoms with Gasteiger partial charge in [0, 0.05) is 42.7 Å². The molecule has 0 aliphatic carbocycles. The quantitative estimate of drug-likeness (QED) is 0.285. The van der Waals surface area contributed by atoms with E-state index in [0.29, 0.717) is 46.7 Å². The number of aryl methyl sites for hydroxylation is 1. The number of hydrogen-bond donors (Lipinski definition) is 1. The third-order valence-electron chi connectivity index (χ3n) is 10.8. The predicted molar refractivity (Wildman–Crippen MR) is 174 cm³/mol. The van der Waals surface area contributed by atoms with E-state index in [1.54, 1.807) is 0 Å². The Morgan fingerprint density at radius 2 is 1.87 bits per heavy atom. The highest BCUT2D eigenvalue weighted by Gasteiger charge is 2.45. The summed E-state index contributed by atoms with van der Waals surface area (Å²) >= 11 is 0. The van der Waals surface area contributed by atoms with Crippen molar-refractivity contribution >= 4 is 27.5 Å². The lowest BCUT2D eigenvalue weighted by atomic mass is 9.95. The summed E-state index contributed by atoms with van der Waals surface area (Å²) in [5, 5.41) is 12.1. The van der Waals surface area contributed by atoms with Gasteiger partial charge in [-0.1, -0.05) is 12.0 Å². The fraction of sp³-hybridized carbons (Fsp3) is 0.472. The minimum atomic E-state index is -0.674. The number of anilines is 1. The van der Waals surface area contributed by atoms with Crippen molar-refractivity contribution in [3.8, 4) is 35.4 Å². The summed E-state index contributed by atoms with van der Waals surface area (Å²) in [7, 11) is 0. The number of aromatic hydroxyl groups is 1. The molecule has 0 bridgehead atoms. The number of rotatable bonds is 5. The van der Waals surface area contributed by atoms with Crippen molar-refractivity contribution in [2.75, 3.05) is 44.2 Å². The minimum Gasteiger partial charge on any atom is -0.508 e. The lowest BCUT2D eigenvalue weighted by Gasteiger charge is -2.43. The van der Waals surface area contributed by atoms with Gasteiger partial charge < -0.3 is 14.7 Å². The molecule has 1 unspecified atom stereocenters. The number of hydrogen-bond acceptors (Lipinski definition) is 8. The molecule has 1 N–H and O–H groups in total. The molecule has 2 aromatic carbocycles. The molecule has 8 nitrogen and oxygen atoms in total. The number of ether oxygens (including phenoxy) is 1. The Hall–Kier alpha value is -4.07. The van der Waals surface area contributed by atoms with Gasteiger partial charge in [-0.2, -0.15) is 9.97 Å². The van der Waals surface area contributed by atoms with Gasteiger partial charge in [0.1, 0.15) is 35.2 Å². The second-order valence-electron chi connectivity index (χ2n) is 13.6. The van der Waals surface area contributed by atoms with Gasteiger partial charge in [-0.05, 0) is 89.0 Å². The van der Waals surface area contributed by atoms with Crippen LogP contribution in [0.4, 0.5) is 14.6 Å². The summed E-state index contributed by atoms with van der Waals surface area (Å²) in [6.07, 6.45) is 11.6. The van der Waals surface area contributed by atoms with Gasteiger partial charge in [-0.3, -0.25) is 9.80 Å². The smallest absolute Gasteiger partial charge is 0.319 e. The van der Waals surface area contributed by atoms with Crippen molar-refractivity contribution in [3.63, 3.8) is 0 Å². The highest BCUT2D eigenvalue weighted by Crippen LogP contribution is 2.43. The molecule has 0 spiro atoms. The third kappa shape index (κ3) is 4.58. The molecule has 2 aromatic heterocycles. The Morgan fingerprint density at radius 1 is 1.07 bits per heavy atom. The van der Waals surface area contributed by atoms with Crippen LogP contribution in [0.5, 0.6) is 11.8 Å². The largest absolute Gasteiger partial charge is 0.508 e. The number of fused-ring (bicyclic) bond motifs is 4. The van der Waals surface area contributed by atoms with E-state index in [2.05, 4.69) is 34.5 Å². The Kier molecular flexibility index (Phi) is 7.03. The van der Waals surface area contributed by atoms with Crippen LogP contribution < -0.4 is 9.64 Å². The second kappa shape index (κ2) is 11.0. The van der Waals surface area contributed by atoms with Crippen molar-refractivity contribution in [3.05, 3.63) is 47.2 Å². The number of phenolic OH excluding ortho intramolecular Hbond substituents is 1. The molecule has 4 aliphatic rings. The van der Waals surface area contributed by atoms with Crippen LogP contribution in [0.1, 0.15) is 57.2 Å². The molecule has 4 aromatic rings. The van der Waals surface area contributed by atoms with E-state index in [9.17, 15) is 9.50 Å². The predicted octanol–water partition coefficient (Wildman–Crippen LogP) is 5.66. The number of phenols is 1. The lowest BCUT2D eigenvalue weighted by molar-refractivity contribution is 0.107. The van der Waals surface area contributed by atoms with Crippen molar-refractivity contribution in [2.24, 2.45) is 0 Å². The van der Waals surface area contributed by atoms with Crippen LogP contribution in [0.15, 0.2) is 24.3 Å². The average Bonchev–Trinajstić information content (AvgIpc) is 3.59. The molecule has 4 aliphatic heterocycles. The summed E-state index contributed by atoms with van der Waals surface area (Å²) in [6.45, 7) is 9.49. The number of terminal acetylenes is 1. The second-order valence-corrected chi connectivity index (χ2v) is 13.6. The molecule has 46 heavy (non-hydrogen) atoms. The number of benzene rings is 2. The average molecular weight is 625 g/mol. The standard InChI is InChI=1S/C36H38F2N6O2/c1-4-25-27(37)9-7-22-17-24(45)18-26(29(22)25)32-31(38)33-30-28(39-32)10-8-23-19-42(21(2)3)15-16-44(23)34(30)41-35(40-33)46-20-36-11-5-13-43(36)14-6-12-36/h1,7,9,17-18,21,23,45H,5-6,8,10-16,19-20H2,2-3H3. The van der Waals surface area contributed by atoms with Gasteiger partial charge in [-0.25, -0.2) is 13.8 Å². The van der Waals surface area contributed by atoms with E-state index < -0.39 is 11.6 Å². The highest BCUT2D eigenvalue weighted by molar-refractivity contribution is 6.03. The van der Waals surface area contributed by atoms with Crippen LogP contribution >= 0.6 is 0 Å². The van der Waals surface area contributed by atoms with E-state index >= 15 is 4.39 Å². The highest BCUT2D eigenvalue weighted by atomic mass is 19.1. The fourth-order valence-electron chi connectivity index (χ4n) is 8.43. The topological polar surface area (TPSA) is 77.8 Å². The van der Waals surface area contributed by atoms with Crippen molar-refractivity contribution < 1.29 is 18.6 Å². The van der Waals surface area contributed by atoms with E-state index in [1.165, 1.54) is 24.3 Å². The Morgan fingerprint density at radius 3 is 2.63 bits per heavy atom. The summed E-state index contributed by atoms with van der Waals surface area (Å²) in [5.41, 5.74) is 0.955. The van der Waals surface area contributed by atoms with Gasteiger partial charge in [0.15, 0.2) is 5.82 Å². The van der Waals surface area contributed by atoms with Crippen molar-refractivity contribution in [1.82, 2.24) is 24.8 Å². The Balaban J connectivity index is 1.32. The zero-order valence-corrected chi connectivity index (χ0v) is 26.3. The maximum absolute atomic E-state index is 17.1. The number of pyridine rings is 1. The molecule has 10 heteroatoms. The summed E-state index contributed by atoms with van der Waals surface area (Å²) < 4.78 is 38.5. The van der Waals surface area contributed by atoms with Crippen LogP contribution in [-0.2, 0) is 6.42 Å². The number of halogens is 2. The molecule has 3 saturated heterocycles. The van der Waals surface area contributed by atoms with Crippen molar-refractivity contribution in [1.29, 1.82) is 0 Å². The Labute approximate surface area is 267 Å². The number of piperazine rings is 1. The van der Waals surface area contributed by atoms with Crippen LogP contribution in [0.25, 0.3) is 32.9 Å². The maximum atomic E-state index is 17.1. The van der Waals surface area contributed by atoms with Gasteiger partial charge >= 0.3 is 6.01 Å². The fourth-order valence-corrected chi connectivity index (χ4v) is 8.43. The van der Waals surface area contributed by atoms with E-state index in [-0.39, 0.29) is 45.7 Å². The lowest BCUT2D eigenvalue weighted by Crippen LogP contribution is -2.55. The maximum Gasteiger partial charge on any atom is 0.319 e. The van der Waals surface area contributed by atoms with Gasteiger partial charge in [0.2, 0.25) is 0 Å². The zero-order chi connectivity index (χ0) is 31.7. The first kappa shape index (κ1) is 29.3. The van der Waals surface area contributed by atoms with Gasteiger partial charge in [0.25, 0.3) is 0 Å². The molecular weight excluding hydrogens is 586 g/mol. The molecule has 1 atom stereocenters. The molecule has 0 saturated carbocycles. The van der Waals surface area contributed by atoms with Crippen molar-refractivity contribution in [2.45, 2.75) is 70.0 Å². The number of nitrogens with zero attached hydrogens (tertiary/aromatic N) is 6. The monoisotopic (exact) mass is 624 g/mol. The van der Waals surface area contributed by atoms with Crippen LogP contribution in [0.2, 0.25) is 0 Å². The molecule has 238 valence electrons. The third-order valence-corrected chi connectivity index (χ3v) is 10.8. The summed E-state index contributed by atoms with van der Waals surface area (Å²) in [5.74, 6) is 1.72. The molecule has 8 rings (SSSR count). The molecule has 3 fully saturated rings. The summed E-state index contributed by atoms with van der Waals surface area (Å²) in [6, 6.07) is 6.40. The van der Waals surface area contributed by atoms with E-state index in [4.69, 9.17) is 26.1 Å². The van der Waals surface area contributed by atoms with Gasteiger partial charge in [-0.15, -0.1) is 6.42 Å².